The zero-order chi connectivity index (χ0) is 25.7. The first-order valence-electron chi connectivity index (χ1n) is 12.6. The van der Waals surface area contributed by atoms with Gasteiger partial charge in [-0.05, 0) is 36.1 Å². The van der Waals surface area contributed by atoms with Gasteiger partial charge in [0.05, 0.1) is 13.1 Å². The summed E-state index contributed by atoms with van der Waals surface area (Å²) in [6.07, 6.45) is 2.38. The van der Waals surface area contributed by atoms with E-state index in [1.807, 2.05) is 30.3 Å². The van der Waals surface area contributed by atoms with Crippen molar-refractivity contribution in [1.29, 1.82) is 0 Å². The van der Waals surface area contributed by atoms with E-state index in [1.165, 1.54) is 12.1 Å². The molecule has 0 radical (unpaired) electrons. The predicted octanol–water partition coefficient (Wildman–Crippen LogP) is 3.00. The van der Waals surface area contributed by atoms with Crippen molar-refractivity contribution >= 4 is 17.8 Å². The predicted molar refractivity (Wildman–Crippen MR) is 134 cm³/mol. The fraction of sp³-hybridized carbons (Fsp3) is 0.444. The second-order valence-electron chi connectivity index (χ2n) is 9.41. The number of nitrogens with one attached hydrogen (secondary N) is 1. The molecule has 2 aliphatic heterocycles. The molecule has 0 saturated carbocycles. The first kappa shape index (κ1) is 25.6. The maximum absolute atomic E-state index is 13.5. The number of rotatable bonds is 8. The van der Waals surface area contributed by atoms with Gasteiger partial charge in [0, 0.05) is 20.1 Å². The third kappa shape index (κ3) is 5.67. The smallest absolute Gasteiger partial charge is 0.334 e. The number of benzene rings is 2. The largest absolute Gasteiger partial charge is 0.337 e. The van der Waals surface area contributed by atoms with Gasteiger partial charge in [-0.25, -0.2) is 19.2 Å². The Morgan fingerprint density at radius 1 is 1.06 bits per heavy atom. The number of hydrogen-bond acceptors (Lipinski definition) is 4. The minimum absolute atomic E-state index is 0.0143. The number of halogens is 1. The molecule has 4 amide bonds. The zero-order valence-electron chi connectivity index (χ0n) is 20.9. The van der Waals surface area contributed by atoms with Gasteiger partial charge < -0.3 is 15.1 Å². The van der Waals surface area contributed by atoms with Crippen LogP contribution in [0.5, 0.6) is 0 Å². The Kier molecular flexibility index (Phi) is 8.20. The third-order valence-electron chi connectivity index (χ3n) is 6.85. The van der Waals surface area contributed by atoms with Crippen LogP contribution >= 0.6 is 0 Å². The monoisotopic (exact) mass is 495 g/mol. The van der Waals surface area contributed by atoms with Gasteiger partial charge in [0.1, 0.15) is 18.0 Å². The van der Waals surface area contributed by atoms with Crippen molar-refractivity contribution in [1.82, 2.24) is 25.1 Å². The number of hydrazine groups is 1. The lowest BCUT2D eigenvalue weighted by molar-refractivity contribution is -0.187. The Balaban J connectivity index is 1.54. The highest BCUT2D eigenvalue weighted by atomic mass is 19.1. The first-order valence-corrected chi connectivity index (χ1v) is 12.6. The number of fused-ring (bicyclic) bond motifs is 1. The molecular weight excluding hydrogens is 461 g/mol. The maximum atomic E-state index is 13.5. The number of likely N-dealkylation sites (N-methyl/N-ethyl adjacent to an activating group) is 1. The molecule has 0 aliphatic carbocycles. The van der Waals surface area contributed by atoms with Gasteiger partial charge >= 0.3 is 6.03 Å². The fourth-order valence-corrected chi connectivity index (χ4v) is 4.95. The second kappa shape index (κ2) is 11.5. The first-order chi connectivity index (χ1) is 17.4. The van der Waals surface area contributed by atoms with E-state index in [4.69, 9.17) is 0 Å². The van der Waals surface area contributed by atoms with Crippen LogP contribution in [0.1, 0.15) is 37.3 Å². The lowest BCUT2D eigenvalue weighted by Gasteiger charge is -2.54. The third-order valence-corrected chi connectivity index (χ3v) is 6.85. The molecule has 4 rings (SSSR count). The molecule has 0 spiro atoms. The van der Waals surface area contributed by atoms with Crippen molar-refractivity contribution in [2.24, 2.45) is 0 Å². The molecule has 1 N–H and O–H groups in total. The molecule has 9 heteroatoms. The summed E-state index contributed by atoms with van der Waals surface area (Å²) < 4.78 is 13.2. The Labute approximate surface area is 211 Å². The van der Waals surface area contributed by atoms with Crippen LogP contribution in [0, 0.1) is 5.82 Å². The summed E-state index contributed by atoms with van der Waals surface area (Å²) in [4.78, 5) is 43.4. The van der Waals surface area contributed by atoms with Gasteiger partial charge in [-0.15, -0.1) is 0 Å². The summed E-state index contributed by atoms with van der Waals surface area (Å²) in [5.74, 6) is -0.543. The number of urea groups is 1. The average Bonchev–Trinajstić information content (AvgIpc) is 2.87. The minimum atomic E-state index is -0.597. The number of nitrogens with zero attached hydrogens (tertiary/aromatic N) is 4. The highest BCUT2D eigenvalue weighted by molar-refractivity contribution is 5.91. The van der Waals surface area contributed by atoms with Crippen LogP contribution in [0.2, 0.25) is 0 Å². The highest BCUT2D eigenvalue weighted by Gasteiger charge is 2.50. The van der Waals surface area contributed by atoms with Crippen LogP contribution in [0.3, 0.4) is 0 Å². The number of hydrogen-bond donors (Lipinski definition) is 1. The number of unbranched alkanes of at least 4 members (excludes halogenated alkanes) is 1. The molecule has 2 aliphatic rings. The van der Waals surface area contributed by atoms with E-state index in [0.29, 0.717) is 19.4 Å². The van der Waals surface area contributed by atoms with E-state index in [9.17, 15) is 18.8 Å². The van der Waals surface area contributed by atoms with Gasteiger partial charge in [-0.3, -0.25) is 9.59 Å². The van der Waals surface area contributed by atoms with Crippen LogP contribution in [0.4, 0.5) is 9.18 Å². The van der Waals surface area contributed by atoms with E-state index in [1.54, 1.807) is 39.0 Å². The topological polar surface area (TPSA) is 76.2 Å². The van der Waals surface area contributed by atoms with Crippen molar-refractivity contribution < 1.29 is 18.8 Å². The average molecular weight is 496 g/mol. The van der Waals surface area contributed by atoms with Crippen molar-refractivity contribution in [3.8, 4) is 0 Å². The number of piperazine rings is 1. The van der Waals surface area contributed by atoms with Gasteiger partial charge in [0.25, 0.3) is 0 Å². The molecule has 36 heavy (non-hydrogen) atoms. The summed E-state index contributed by atoms with van der Waals surface area (Å²) >= 11 is 0. The molecule has 0 aromatic heterocycles. The minimum Gasteiger partial charge on any atom is -0.337 e. The van der Waals surface area contributed by atoms with E-state index in [-0.39, 0.29) is 43.3 Å². The highest BCUT2D eigenvalue weighted by Crippen LogP contribution is 2.28. The fourth-order valence-electron chi connectivity index (χ4n) is 4.95. The number of amides is 4. The normalized spacial score (nSPS) is 20.5. The molecule has 0 unspecified atom stereocenters. The lowest BCUT2D eigenvalue weighted by atomic mass is 10.0. The summed E-state index contributed by atoms with van der Waals surface area (Å²) in [6.45, 7) is 3.05. The lowest BCUT2D eigenvalue weighted by Crippen LogP contribution is -2.76. The van der Waals surface area contributed by atoms with Crippen LogP contribution < -0.4 is 5.32 Å². The van der Waals surface area contributed by atoms with E-state index in [0.717, 1.165) is 24.0 Å². The Morgan fingerprint density at radius 2 is 1.78 bits per heavy atom. The Bertz CT molecular complexity index is 1060. The standard InChI is InChI=1S/C27H34FN5O3/c1-3-4-10-23-26(35)31(16-15-20-8-6-5-7-9-20)18-24-32(23)25(34)19-30(2)33(24)27(36)29-17-21-11-13-22(28)14-12-21/h5-9,11-14,23-24H,3-4,10,15-19H2,1-2H3,(H,29,36)/t23-,24-/m0/s1. The van der Waals surface area contributed by atoms with E-state index >= 15 is 0 Å². The van der Waals surface area contributed by atoms with Gasteiger partial charge in [0.2, 0.25) is 11.8 Å². The van der Waals surface area contributed by atoms with Crippen LogP contribution in [0.25, 0.3) is 0 Å². The maximum Gasteiger partial charge on any atom is 0.334 e. The van der Waals surface area contributed by atoms with Crippen LogP contribution in [-0.4, -0.2) is 76.6 Å². The van der Waals surface area contributed by atoms with Crippen molar-refractivity contribution in [2.45, 2.75) is 51.4 Å². The molecule has 192 valence electrons. The van der Waals surface area contributed by atoms with Crippen molar-refractivity contribution in [3.63, 3.8) is 0 Å². The van der Waals surface area contributed by atoms with Crippen LogP contribution in [0.15, 0.2) is 54.6 Å². The molecule has 0 bridgehead atoms. The van der Waals surface area contributed by atoms with Crippen LogP contribution in [-0.2, 0) is 22.6 Å². The molecule has 2 aromatic rings. The van der Waals surface area contributed by atoms with Crippen molar-refractivity contribution in [3.05, 3.63) is 71.5 Å². The quantitative estimate of drug-likeness (QED) is 0.611. The zero-order valence-corrected chi connectivity index (χ0v) is 20.9. The molecule has 2 saturated heterocycles. The second-order valence-corrected chi connectivity index (χ2v) is 9.41. The SMILES string of the molecule is CCCC[C@H]1C(=O)N(CCc2ccccc2)C[C@H]2N1C(=O)CN(C)N2C(=O)NCc1ccc(F)cc1. The van der Waals surface area contributed by atoms with Gasteiger partial charge in [0.15, 0.2) is 0 Å². The Morgan fingerprint density at radius 3 is 2.47 bits per heavy atom. The summed E-state index contributed by atoms with van der Waals surface area (Å²) in [7, 11) is 1.71. The molecule has 8 nitrogen and oxygen atoms in total. The number of carbonyl (C=O) groups is 3. The molecular formula is C27H34FN5O3. The Hall–Kier alpha value is -3.46. The van der Waals surface area contributed by atoms with E-state index in [2.05, 4.69) is 12.2 Å². The molecule has 2 atom stereocenters. The van der Waals surface area contributed by atoms with E-state index < -0.39 is 12.2 Å². The molecule has 2 heterocycles. The van der Waals surface area contributed by atoms with Gasteiger partial charge in [-0.1, -0.05) is 62.2 Å². The summed E-state index contributed by atoms with van der Waals surface area (Å²) in [6, 6.07) is 15.0. The molecule has 2 fully saturated rings. The van der Waals surface area contributed by atoms with Gasteiger partial charge in [-0.2, -0.15) is 0 Å². The van der Waals surface area contributed by atoms with Crippen molar-refractivity contribution in [2.75, 3.05) is 26.7 Å². The summed E-state index contributed by atoms with van der Waals surface area (Å²) in [5, 5.41) is 6.05. The number of carbonyl (C=O) groups excluding carboxylic acids is 3. The molecule has 2 aromatic carbocycles. The summed E-state index contributed by atoms with van der Waals surface area (Å²) in [5.41, 5.74) is 1.89.